The molecule has 0 aliphatic carbocycles. The van der Waals surface area contributed by atoms with E-state index in [0.29, 0.717) is 24.2 Å². The van der Waals surface area contributed by atoms with Gasteiger partial charge in [-0.05, 0) is 41.3 Å². The van der Waals surface area contributed by atoms with Crippen molar-refractivity contribution in [1.82, 2.24) is 5.32 Å². The highest BCUT2D eigenvalue weighted by atomic mass is 16.2. The van der Waals surface area contributed by atoms with Gasteiger partial charge in [0, 0.05) is 23.0 Å². The Morgan fingerprint density at radius 3 is 1.63 bits per heavy atom. The van der Waals surface area contributed by atoms with Crippen molar-refractivity contribution in [2.45, 2.75) is 37.0 Å². The third kappa shape index (κ3) is 3.77. The highest BCUT2D eigenvalue weighted by molar-refractivity contribution is 6.21. The molecule has 0 radical (unpaired) electrons. The molecule has 6 heteroatoms. The first-order valence-electron chi connectivity index (χ1n) is 15.7. The topological polar surface area (TPSA) is 69.7 Å². The number of para-hydroxylation sites is 2. The van der Waals surface area contributed by atoms with Gasteiger partial charge in [0.25, 0.3) is 5.91 Å². The van der Waals surface area contributed by atoms with Crippen molar-refractivity contribution in [3.05, 3.63) is 167 Å². The standard InChI is InChI=1S/C40H33N3O3/c1-27(44)35-36(30-19-9-4-10-20-30)41-40(32-22-12-14-24-34(32)43(38(40)46)26-29-17-7-3-8-18-29)39(35)31-21-11-13-23-33(31)42(37(39)45)25-28-15-5-2-6-16-28/h2-24,35-36,41H,25-26H2,1H3/t35-,36-,39-,40+/m0/s1. The average molecular weight is 604 g/mol. The lowest BCUT2D eigenvalue weighted by Gasteiger charge is -2.41. The Morgan fingerprint density at radius 2 is 1.07 bits per heavy atom. The minimum Gasteiger partial charge on any atom is -0.307 e. The van der Waals surface area contributed by atoms with E-state index in [2.05, 4.69) is 5.32 Å². The van der Waals surface area contributed by atoms with Crippen LogP contribution in [0.15, 0.2) is 140 Å². The fourth-order valence-electron chi connectivity index (χ4n) is 8.35. The second kappa shape index (κ2) is 10.6. The average Bonchev–Trinajstić information content (AvgIpc) is 3.64. The maximum atomic E-state index is 15.6. The molecule has 0 aromatic heterocycles. The van der Waals surface area contributed by atoms with E-state index in [1.807, 2.05) is 140 Å². The van der Waals surface area contributed by atoms with E-state index < -0.39 is 22.9 Å². The molecule has 2 amide bonds. The van der Waals surface area contributed by atoms with Crippen LogP contribution in [0.4, 0.5) is 11.4 Å². The molecule has 3 heterocycles. The molecule has 8 rings (SSSR count). The molecular formula is C40H33N3O3. The maximum absolute atomic E-state index is 15.6. The fraction of sp³-hybridized carbons (Fsp3) is 0.175. The first-order chi connectivity index (χ1) is 22.5. The molecule has 1 fully saturated rings. The van der Waals surface area contributed by atoms with Crippen LogP contribution < -0.4 is 15.1 Å². The van der Waals surface area contributed by atoms with Crippen LogP contribution in [0.25, 0.3) is 0 Å². The highest BCUT2D eigenvalue weighted by Crippen LogP contribution is 2.66. The monoisotopic (exact) mass is 603 g/mol. The van der Waals surface area contributed by atoms with Gasteiger partial charge in [-0.25, -0.2) is 0 Å². The van der Waals surface area contributed by atoms with E-state index in [0.717, 1.165) is 28.1 Å². The quantitative estimate of drug-likeness (QED) is 0.242. The van der Waals surface area contributed by atoms with Gasteiger partial charge in [0.2, 0.25) is 5.91 Å². The summed E-state index contributed by atoms with van der Waals surface area (Å²) in [6, 6.07) is 44.3. The zero-order chi connectivity index (χ0) is 31.5. The number of hydrogen-bond donors (Lipinski definition) is 1. The van der Waals surface area contributed by atoms with Gasteiger partial charge in [-0.3, -0.25) is 19.7 Å². The van der Waals surface area contributed by atoms with Gasteiger partial charge >= 0.3 is 0 Å². The van der Waals surface area contributed by atoms with Crippen LogP contribution in [0, 0.1) is 5.92 Å². The molecule has 3 aliphatic heterocycles. The number of hydrogen-bond acceptors (Lipinski definition) is 4. The highest BCUT2D eigenvalue weighted by Gasteiger charge is 2.79. The van der Waals surface area contributed by atoms with Crippen molar-refractivity contribution in [2.24, 2.45) is 5.92 Å². The van der Waals surface area contributed by atoms with Gasteiger partial charge in [-0.15, -0.1) is 0 Å². The Hall–Kier alpha value is -5.33. The molecule has 0 saturated carbocycles. The van der Waals surface area contributed by atoms with Crippen LogP contribution >= 0.6 is 0 Å². The molecular weight excluding hydrogens is 570 g/mol. The van der Waals surface area contributed by atoms with Crippen LogP contribution in [0.3, 0.4) is 0 Å². The molecule has 6 nitrogen and oxygen atoms in total. The smallest absolute Gasteiger partial charge is 0.253 e. The van der Waals surface area contributed by atoms with Crippen LogP contribution in [0.1, 0.15) is 40.8 Å². The van der Waals surface area contributed by atoms with Gasteiger partial charge < -0.3 is 9.80 Å². The SMILES string of the molecule is CC(=O)[C@H]1[C@H](c2ccccc2)N[C@]2(C(=O)N(Cc3ccccc3)c3ccccc32)[C@]12C(=O)N(Cc1ccccc1)c1ccccc12. The predicted molar refractivity (Wildman–Crippen MR) is 178 cm³/mol. The summed E-state index contributed by atoms with van der Waals surface area (Å²) in [5, 5.41) is 3.76. The van der Waals surface area contributed by atoms with E-state index in [-0.39, 0.29) is 17.6 Å². The van der Waals surface area contributed by atoms with Gasteiger partial charge in [-0.2, -0.15) is 0 Å². The third-order valence-corrected chi connectivity index (χ3v) is 10.1. The Kier molecular flexibility index (Phi) is 6.51. The molecule has 4 atom stereocenters. The van der Waals surface area contributed by atoms with Crippen molar-refractivity contribution in [1.29, 1.82) is 0 Å². The minimum absolute atomic E-state index is 0.144. The maximum Gasteiger partial charge on any atom is 0.253 e. The Balaban J connectivity index is 1.42. The Bertz CT molecular complexity index is 1980. The summed E-state index contributed by atoms with van der Waals surface area (Å²) in [5.41, 5.74) is 2.58. The van der Waals surface area contributed by atoms with E-state index in [4.69, 9.17) is 0 Å². The number of nitrogens with one attached hydrogen (secondary N) is 1. The van der Waals surface area contributed by atoms with Crippen LogP contribution in [-0.2, 0) is 38.4 Å². The lowest BCUT2D eigenvalue weighted by atomic mass is 9.57. The lowest BCUT2D eigenvalue weighted by Crippen LogP contribution is -2.63. The first kappa shape index (κ1) is 28.2. The number of Topliss-reactive ketones (excluding diaryl/α,β-unsaturated/α-hetero) is 1. The normalized spacial score (nSPS) is 24.5. The number of benzene rings is 5. The van der Waals surface area contributed by atoms with E-state index >= 15 is 9.59 Å². The number of carbonyl (C=O) groups is 3. The Morgan fingerprint density at radius 1 is 0.609 bits per heavy atom. The largest absolute Gasteiger partial charge is 0.307 e. The summed E-state index contributed by atoms with van der Waals surface area (Å²) in [6.45, 7) is 2.21. The molecule has 3 aliphatic rings. The number of nitrogens with zero attached hydrogens (tertiary/aromatic N) is 2. The molecule has 5 aromatic carbocycles. The summed E-state index contributed by atoms with van der Waals surface area (Å²) in [5.74, 6) is -1.48. The molecule has 5 aromatic rings. The first-order valence-corrected chi connectivity index (χ1v) is 15.7. The molecule has 46 heavy (non-hydrogen) atoms. The van der Waals surface area contributed by atoms with Crippen molar-refractivity contribution >= 4 is 29.0 Å². The molecule has 226 valence electrons. The number of rotatable bonds is 6. The van der Waals surface area contributed by atoms with Gasteiger partial charge in [0.1, 0.15) is 16.7 Å². The zero-order valence-electron chi connectivity index (χ0n) is 25.5. The third-order valence-electron chi connectivity index (χ3n) is 10.1. The number of ketones is 1. The van der Waals surface area contributed by atoms with Gasteiger partial charge in [0.15, 0.2) is 0 Å². The second-order valence-corrected chi connectivity index (χ2v) is 12.5. The van der Waals surface area contributed by atoms with Crippen LogP contribution in [-0.4, -0.2) is 17.6 Å². The van der Waals surface area contributed by atoms with E-state index in [9.17, 15) is 4.79 Å². The predicted octanol–water partition coefficient (Wildman–Crippen LogP) is 6.46. The van der Waals surface area contributed by atoms with Crippen molar-refractivity contribution in [3.63, 3.8) is 0 Å². The minimum atomic E-state index is -1.55. The summed E-state index contributed by atoms with van der Waals surface area (Å²) in [7, 11) is 0. The van der Waals surface area contributed by atoms with Crippen molar-refractivity contribution < 1.29 is 14.4 Å². The fourth-order valence-corrected chi connectivity index (χ4v) is 8.35. The molecule has 1 saturated heterocycles. The van der Waals surface area contributed by atoms with Gasteiger partial charge in [0.05, 0.1) is 19.0 Å². The number of anilines is 2. The number of carbonyl (C=O) groups excluding carboxylic acids is 3. The molecule has 1 N–H and O–H groups in total. The summed E-state index contributed by atoms with van der Waals surface area (Å²) < 4.78 is 0. The second-order valence-electron chi connectivity index (χ2n) is 12.5. The van der Waals surface area contributed by atoms with Crippen molar-refractivity contribution in [3.8, 4) is 0 Å². The van der Waals surface area contributed by atoms with Crippen LogP contribution in [0.2, 0.25) is 0 Å². The van der Waals surface area contributed by atoms with Gasteiger partial charge in [-0.1, -0.05) is 127 Å². The van der Waals surface area contributed by atoms with E-state index in [1.165, 1.54) is 0 Å². The molecule has 0 bridgehead atoms. The number of amides is 2. The molecule has 2 spiro atoms. The summed E-state index contributed by atoms with van der Waals surface area (Å²) in [4.78, 5) is 48.9. The number of fused-ring (bicyclic) bond motifs is 5. The van der Waals surface area contributed by atoms with E-state index in [1.54, 1.807) is 16.7 Å². The summed E-state index contributed by atoms with van der Waals surface area (Å²) >= 11 is 0. The lowest BCUT2D eigenvalue weighted by molar-refractivity contribution is -0.138. The zero-order valence-corrected chi connectivity index (χ0v) is 25.5. The van der Waals surface area contributed by atoms with Crippen molar-refractivity contribution in [2.75, 3.05) is 9.80 Å². The van der Waals surface area contributed by atoms with Crippen LogP contribution in [0.5, 0.6) is 0 Å². The molecule has 0 unspecified atom stereocenters. The Labute approximate surface area is 268 Å². The summed E-state index contributed by atoms with van der Waals surface area (Å²) in [6.07, 6.45) is 0.